The topological polar surface area (TPSA) is 4.93 Å². The van der Waals surface area contributed by atoms with Gasteiger partial charge in [0.15, 0.2) is 0 Å². The van der Waals surface area contributed by atoms with Crippen molar-refractivity contribution >= 4 is 21.8 Å². The molecule has 0 radical (unpaired) electrons. The van der Waals surface area contributed by atoms with Gasteiger partial charge in [0, 0.05) is 16.5 Å². The summed E-state index contributed by atoms with van der Waals surface area (Å²) >= 11 is 0. The Labute approximate surface area is 169 Å². The molecule has 0 saturated carbocycles. The second-order valence-corrected chi connectivity index (χ2v) is 7.08. The third-order valence-corrected chi connectivity index (χ3v) is 5.29. The van der Waals surface area contributed by atoms with Gasteiger partial charge in [-0.3, -0.25) is 0 Å². The van der Waals surface area contributed by atoms with Crippen LogP contribution in [0.15, 0.2) is 91.0 Å². The minimum absolute atomic E-state index is 0.176. The fraction of sp³-hybridized carbons (Fsp3) is 0.0400. The van der Waals surface area contributed by atoms with Crippen LogP contribution >= 0.6 is 0 Å². The molecule has 0 spiro atoms. The zero-order chi connectivity index (χ0) is 20.9. The van der Waals surface area contributed by atoms with Crippen LogP contribution < -0.4 is 0 Å². The molecule has 0 aliphatic heterocycles. The standard InChI is InChI=1S/C25H15F4N/c26-21-12-6-11-18(24(21)25(27,28)29)16-7-5-8-17(15-16)30-22-13-3-1-9-19(22)20-10-2-4-14-23(20)30/h1-15H. The average molecular weight is 405 g/mol. The van der Waals surface area contributed by atoms with E-state index >= 15 is 0 Å². The minimum Gasteiger partial charge on any atom is -0.309 e. The SMILES string of the molecule is Fc1cccc(-c2cccc(-n3c4ccccc4c4ccccc43)c2)c1C(F)(F)F. The van der Waals surface area contributed by atoms with E-state index in [1.807, 2.05) is 59.2 Å². The maximum absolute atomic E-state index is 14.1. The highest BCUT2D eigenvalue weighted by atomic mass is 19.4. The lowest BCUT2D eigenvalue weighted by molar-refractivity contribution is -0.139. The van der Waals surface area contributed by atoms with Crippen LogP contribution in [0.5, 0.6) is 0 Å². The third kappa shape index (κ3) is 2.86. The van der Waals surface area contributed by atoms with Gasteiger partial charge in [0.25, 0.3) is 0 Å². The summed E-state index contributed by atoms with van der Waals surface area (Å²) in [6.45, 7) is 0. The van der Waals surface area contributed by atoms with Gasteiger partial charge in [0.1, 0.15) is 5.82 Å². The zero-order valence-electron chi connectivity index (χ0n) is 15.6. The summed E-state index contributed by atoms with van der Waals surface area (Å²) in [5.41, 5.74) is 1.50. The molecule has 0 bridgehead atoms. The fourth-order valence-corrected chi connectivity index (χ4v) is 4.07. The third-order valence-electron chi connectivity index (χ3n) is 5.29. The van der Waals surface area contributed by atoms with E-state index in [1.165, 1.54) is 12.1 Å². The molecule has 0 unspecified atom stereocenters. The molecule has 1 nitrogen and oxygen atoms in total. The van der Waals surface area contributed by atoms with Crippen molar-refractivity contribution in [2.24, 2.45) is 0 Å². The van der Waals surface area contributed by atoms with Crippen molar-refractivity contribution in [3.05, 3.63) is 102 Å². The zero-order valence-corrected chi connectivity index (χ0v) is 15.6. The Hall–Kier alpha value is -3.60. The van der Waals surface area contributed by atoms with Crippen molar-refractivity contribution in [2.45, 2.75) is 6.18 Å². The number of nitrogens with zero attached hydrogens (tertiary/aromatic N) is 1. The number of aromatic nitrogens is 1. The Bertz CT molecular complexity index is 1340. The van der Waals surface area contributed by atoms with E-state index in [2.05, 4.69) is 0 Å². The highest BCUT2D eigenvalue weighted by Gasteiger charge is 2.37. The molecule has 148 valence electrons. The van der Waals surface area contributed by atoms with E-state index < -0.39 is 17.6 Å². The van der Waals surface area contributed by atoms with Crippen LogP contribution in [-0.2, 0) is 6.18 Å². The average Bonchev–Trinajstić information content (AvgIpc) is 3.07. The molecule has 0 saturated heterocycles. The quantitative estimate of drug-likeness (QED) is 0.266. The molecule has 0 fully saturated rings. The number of hydrogen-bond donors (Lipinski definition) is 0. The van der Waals surface area contributed by atoms with Crippen LogP contribution in [0.25, 0.3) is 38.6 Å². The summed E-state index contributed by atoms with van der Waals surface area (Å²) in [6.07, 6.45) is -4.79. The van der Waals surface area contributed by atoms with Gasteiger partial charge in [0.2, 0.25) is 0 Å². The van der Waals surface area contributed by atoms with Crippen LogP contribution in [-0.4, -0.2) is 4.57 Å². The molecule has 5 heteroatoms. The molecule has 1 aromatic heterocycles. The van der Waals surface area contributed by atoms with Crippen molar-refractivity contribution in [2.75, 3.05) is 0 Å². The molecule has 4 aromatic carbocycles. The molecule has 0 aliphatic rings. The monoisotopic (exact) mass is 405 g/mol. The highest BCUT2D eigenvalue weighted by Crippen LogP contribution is 2.40. The van der Waals surface area contributed by atoms with Gasteiger partial charge in [-0.1, -0.05) is 60.7 Å². The molecular weight excluding hydrogens is 390 g/mol. The van der Waals surface area contributed by atoms with Crippen LogP contribution in [0, 0.1) is 5.82 Å². The molecule has 5 rings (SSSR count). The summed E-state index contributed by atoms with van der Waals surface area (Å²) in [4.78, 5) is 0. The largest absolute Gasteiger partial charge is 0.419 e. The fourth-order valence-electron chi connectivity index (χ4n) is 4.07. The molecule has 0 atom stereocenters. The Balaban J connectivity index is 1.78. The van der Waals surface area contributed by atoms with Crippen LogP contribution in [0.2, 0.25) is 0 Å². The van der Waals surface area contributed by atoms with E-state index in [0.717, 1.165) is 27.9 Å². The smallest absolute Gasteiger partial charge is 0.309 e. The van der Waals surface area contributed by atoms with E-state index in [0.29, 0.717) is 11.3 Å². The van der Waals surface area contributed by atoms with Gasteiger partial charge in [-0.05, 0) is 41.5 Å². The number of alkyl halides is 3. The van der Waals surface area contributed by atoms with Gasteiger partial charge in [-0.25, -0.2) is 4.39 Å². The van der Waals surface area contributed by atoms with E-state index in [-0.39, 0.29) is 5.56 Å². The summed E-state index contributed by atoms with van der Waals surface area (Å²) in [7, 11) is 0. The molecule has 0 aliphatic carbocycles. The van der Waals surface area contributed by atoms with Crippen molar-refractivity contribution in [1.82, 2.24) is 4.57 Å². The van der Waals surface area contributed by atoms with E-state index in [4.69, 9.17) is 0 Å². The first-order valence-electron chi connectivity index (χ1n) is 9.40. The Morgan fingerprint density at radius 2 is 1.23 bits per heavy atom. The van der Waals surface area contributed by atoms with Gasteiger partial charge < -0.3 is 4.57 Å². The first-order valence-corrected chi connectivity index (χ1v) is 9.40. The van der Waals surface area contributed by atoms with Gasteiger partial charge in [0.05, 0.1) is 16.6 Å². The molecule has 5 aromatic rings. The van der Waals surface area contributed by atoms with Crippen molar-refractivity contribution in [3.8, 4) is 16.8 Å². The van der Waals surface area contributed by atoms with Crippen molar-refractivity contribution < 1.29 is 17.6 Å². The number of halogens is 4. The lowest BCUT2D eigenvalue weighted by Gasteiger charge is -2.15. The van der Waals surface area contributed by atoms with E-state index in [9.17, 15) is 17.6 Å². The summed E-state index contributed by atoms with van der Waals surface area (Å²) in [6, 6.07) is 26.0. The van der Waals surface area contributed by atoms with Gasteiger partial charge in [-0.2, -0.15) is 13.2 Å². The lowest BCUT2D eigenvalue weighted by atomic mass is 9.98. The van der Waals surface area contributed by atoms with Crippen molar-refractivity contribution in [1.29, 1.82) is 0 Å². The van der Waals surface area contributed by atoms with Crippen molar-refractivity contribution in [3.63, 3.8) is 0 Å². The lowest BCUT2D eigenvalue weighted by Crippen LogP contribution is -2.10. The predicted octanol–water partition coefficient (Wildman–Crippen LogP) is 7.61. The molecule has 0 amide bonds. The van der Waals surface area contributed by atoms with Gasteiger partial charge in [-0.15, -0.1) is 0 Å². The molecule has 30 heavy (non-hydrogen) atoms. The Morgan fingerprint density at radius 1 is 0.633 bits per heavy atom. The normalized spacial score (nSPS) is 12.0. The second-order valence-electron chi connectivity index (χ2n) is 7.08. The van der Waals surface area contributed by atoms with Crippen LogP contribution in [0.1, 0.15) is 5.56 Å². The molecular formula is C25H15F4N. The first kappa shape index (κ1) is 18.4. The van der Waals surface area contributed by atoms with E-state index in [1.54, 1.807) is 18.2 Å². The number of hydrogen-bond acceptors (Lipinski definition) is 0. The summed E-state index contributed by atoms with van der Waals surface area (Å²) in [5.74, 6) is -1.28. The van der Waals surface area contributed by atoms with Crippen LogP contribution in [0.3, 0.4) is 0 Å². The maximum atomic E-state index is 14.1. The van der Waals surface area contributed by atoms with Gasteiger partial charge >= 0.3 is 6.18 Å². The summed E-state index contributed by atoms with van der Waals surface area (Å²) < 4.78 is 56.7. The highest BCUT2D eigenvalue weighted by molar-refractivity contribution is 6.09. The molecule has 1 heterocycles. The van der Waals surface area contributed by atoms with Crippen LogP contribution in [0.4, 0.5) is 17.6 Å². The molecule has 0 N–H and O–H groups in total. The number of para-hydroxylation sites is 2. The predicted molar refractivity (Wildman–Crippen MR) is 111 cm³/mol. The number of rotatable bonds is 2. The Morgan fingerprint density at radius 3 is 1.87 bits per heavy atom. The Kier molecular flexibility index (Phi) is 4.13. The summed E-state index contributed by atoms with van der Waals surface area (Å²) in [5, 5.41) is 2.11. The second kappa shape index (κ2) is 6.73. The first-order chi connectivity index (χ1) is 14.4. The maximum Gasteiger partial charge on any atom is 0.419 e. The minimum atomic E-state index is -4.79. The number of benzene rings is 4. The number of fused-ring (bicyclic) bond motifs is 3.